The summed E-state index contributed by atoms with van der Waals surface area (Å²) in [6.45, 7) is 3.80. The number of amides is 2. The highest BCUT2D eigenvalue weighted by molar-refractivity contribution is 7.89. The van der Waals surface area contributed by atoms with Crippen LogP contribution in [0.3, 0.4) is 0 Å². The Labute approximate surface area is 163 Å². The summed E-state index contributed by atoms with van der Waals surface area (Å²) in [5.74, 6) is 0. The Morgan fingerprint density at radius 3 is 2.18 bits per heavy atom. The molecule has 0 saturated carbocycles. The summed E-state index contributed by atoms with van der Waals surface area (Å²) in [6, 6.07) is 16.9. The summed E-state index contributed by atoms with van der Waals surface area (Å²) in [5, 5.41) is 10.4. The smallest absolute Gasteiger partial charge is 0.306 e. The molecule has 7 nitrogen and oxygen atoms in total. The first-order chi connectivity index (χ1) is 13.2. The second-order valence-electron chi connectivity index (χ2n) is 6.32. The van der Waals surface area contributed by atoms with Crippen LogP contribution >= 0.6 is 0 Å². The van der Waals surface area contributed by atoms with Gasteiger partial charge in [0.25, 0.3) is 0 Å². The van der Waals surface area contributed by atoms with Crippen LogP contribution in [0.25, 0.3) is 11.3 Å². The molecule has 28 heavy (non-hydrogen) atoms. The standard InChI is InChI=1S/C20H20N4O3S/c1-13-7-9-15(10-8-13)17-12-11-16(14(2)22-17)23-20(25)24-18-5-3-4-6-19(18)28(21,26)27/h3-12H,1-2H3,(H2,21,26,27)(H2,23,24,25). The van der Waals surface area contributed by atoms with Gasteiger partial charge < -0.3 is 10.6 Å². The van der Waals surface area contributed by atoms with Gasteiger partial charge in [0.2, 0.25) is 10.0 Å². The molecule has 2 amide bonds. The van der Waals surface area contributed by atoms with E-state index in [0.29, 0.717) is 11.4 Å². The summed E-state index contributed by atoms with van der Waals surface area (Å²) in [6.07, 6.45) is 0. The number of aromatic nitrogens is 1. The largest absolute Gasteiger partial charge is 0.323 e. The molecule has 0 bridgehead atoms. The van der Waals surface area contributed by atoms with Crippen LogP contribution in [-0.2, 0) is 10.0 Å². The van der Waals surface area contributed by atoms with E-state index < -0.39 is 16.1 Å². The maximum atomic E-state index is 12.3. The number of hydrogen-bond acceptors (Lipinski definition) is 4. The van der Waals surface area contributed by atoms with Gasteiger partial charge in [-0.25, -0.2) is 18.4 Å². The Morgan fingerprint density at radius 2 is 1.54 bits per heavy atom. The summed E-state index contributed by atoms with van der Waals surface area (Å²) in [5.41, 5.74) is 4.18. The van der Waals surface area contributed by atoms with E-state index in [0.717, 1.165) is 16.8 Å². The van der Waals surface area contributed by atoms with Crippen molar-refractivity contribution in [1.29, 1.82) is 0 Å². The van der Waals surface area contributed by atoms with Crippen LogP contribution in [0.4, 0.5) is 16.2 Å². The molecule has 2 aromatic carbocycles. The highest BCUT2D eigenvalue weighted by Crippen LogP contribution is 2.23. The van der Waals surface area contributed by atoms with Crippen molar-refractivity contribution in [3.05, 3.63) is 71.9 Å². The zero-order chi connectivity index (χ0) is 20.3. The number of nitrogens with two attached hydrogens (primary N) is 1. The molecule has 0 radical (unpaired) electrons. The van der Waals surface area contributed by atoms with Crippen LogP contribution < -0.4 is 15.8 Å². The van der Waals surface area contributed by atoms with E-state index in [1.807, 2.05) is 37.3 Å². The minimum Gasteiger partial charge on any atom is -0.306 e. The number of rotatable bonds is 4. The Hall–Kier alpha value is -3.23. The molecule has 8 heteroatoms. The molecule has 0 atom stereocenters. The number of anilines is 2. The third-order valence-corrected chi connectivity index (χ3v) is 5.09. The summed E-state index contributed by atoms with van der Waals surface area (Å²) in [4.78, 5) is 16.7. The molecule has 0 aliphatic carbocycles. The minimum absolute atomic E-state index is 0.101. The molecule has 4 N–H and O–H groups in total. The number of carbonyl (C=O) groups excluding carboxylic acids is 1. The summed E-state index contributed by atoms with van der Waals surface area (Å²) >= 11 is 0. The lowest BCUT2D eigenvalue weighted by Gasteiger charge is -2.12. The molecule has 0 saturated heterocycles. The van der Waals surface area contributed by atoms with Crippen LogP contribution in [0.15, 0.2) is 65.6 Å². The van der Waals surface area contributed by atoms with Crippen molar-refractivity contribution in [2.75, 3.05) is 10.6 Å². The number of aryl methyl sites for hydroxylation is 2. The normalized spacial score (nSPS) is 11.1. The molecule has 1 aromatic heterocycles. The van der Waals surface area contributed by atoms with Gasteiger partial charge >= 0.3 is 6.03 Å². The number of hydrogen-bond donors (Lipinski definition) is 3. The second-order valence-corrected chi connectivity index (χ2v) is 7.85. The minimum atomic E-state index is -3.95. The highest BCUT2D eigenvalue weighted by atomic mass is 32.2. The topological polar surface area (TPSA) is 114 Å². The first-order valence-corrected chi connectivity index (χ1v) is 10.0. The number of primary sulfonamides is 1. The predicted molar refractivity (Wildman–Crippen MR) is 110 cm³/mol. The van der Waals surface area contributed by atoms with Crippen molar-refractivity contribution >= 4 is 27.4 Å². The molecule has 0 aliphatic rings. The predicted octanol–water partition coefficient (Wildman–Crippen LogP) is 3.66. The zero-order valence-corrected chi connectivity index (χ0v) is 16.2. The van der Waals surface area contributed by atoms with Gasteiger partial charge in [-0.2, -0.15) is 0 Å². The van der Waals surface area contributed by atoms with E-state index in [4.69, 9.17) is 5.14 Å². The molecular weight excluding hydrogens is 376 g/mol. The Bertz CT molecular complexity index is 1130. The molecule has 3 rings (SSSR count). The molecule has 0 spiro atoms. The van der Waals surface area contributed by atoms with Crippen LogP contribution in [-0.4, -0.2) is 19.4 Å². The molecular formula is C20H20N4O3S. The lowest BCUT2D eigenvalue weighted by atomic mass is 10.1. The number of pyridine rings is 1. The van der Waals surface area contributed by atoms with Gasteiger partial charge in [-0.3, -0.25) is 4.98 Å². The Balaban J connectivity index is 1.77. The summed E-state index contributed by atoms with van der Waals surface area (Å²) in [7, 11) is -3.95. The number of nitrogens with one attached hydrogen (secondary N) is 2. The van der Waals surface area contributed by atoms with E-state index in [9.17, 15) is 13.2 Å². The van der Waals surface area contributed by atoms with Crippen LogP contribution in [0.2, 0.25) is 0 Å². The van der Waals surface area contributed by atoms with E-state index in [1.165, 1.54) is 18.2 Å². The Kier molecular flexibility index (Phi) is 5.43. The van der Waals surface area contributed by atoms with Crippen LogP contribution in [0.1, 0.15) is 11.3 Å². The summed E-state index contributed by atoms with van der Waals surface area (Å²) < 4.78 is 23.3. The van der Waals surface area contributed by atoms with Crippen molar-refractivity contribution in [3.63, 3.8) is 0 Å². The highest BCUT2D eigenvalue weighted by Gasteiger charge is 2.15. The average molecular weight is 396 g/mol. The van der Waals surface area contributed by atoms with Gasteiger partial charge in [0.1, 0.15) is 4.90 Å². The van der Waals surface area contributed by atoms with Crippen LogP contribution in [0.5, 0.6) is 0 Å². The van der Waals surface area contributed by atoms with Crippen LogP contribution in [0, 0.1) is 13.8 Å². The second kappa shape index (κ2) is 7.79. The number of benzene rings is 2. The van der Waals surface area contributed by atoms with Crippen molar-refractivity contribution < 1.29 is 13.2 Å². The molecule has 0 aliphatic heterocycles. The van der Waals surface area contributed by atoms with Crippen molar-refractivity contribution in [2.45, 2.75) is 18.7 Å². The lowest BCUT2D eigenvalue weighted by Crippen LogP contribution is -2.23. The Morgan fingerprint density at radius 1 is 0.893 bits per heavy atom. The van der Waals surface area contributed by atoms with Crippen molar-refractivity contribution in [2.24, 2.45) is 5.14 Å². The maximum Gasteiger partial charge on any atom is 0.323 e. The lowest BCUT2D eigenvalue weighted by molar-refractivity contribution is 0.262. The first-order valence-electron chi connectivity index (χ1n) is 8.48. The fourth-order valence-electron chi connectivity index (χ4n) is 2.67. The van der Waals surface area contributed by atoms with Gasteiger partial charge in [-0.05, 0) is 38.1 Å². The number of urea groups is 1. The van der Waals surface area contributed by atoms with Gasteiger partial charge in [0, 0.05) is 5.56 Å². The monoisotopic (exact) mass is 396 g/mol. The molecule has 0 fully saturated rings. The van der Waals surface area contributed by atoms with Gasteiger partial charge in [-0.1, -0.05) is 42.0 Å². The maximum absolute atomic E-state index is 12.3. The first kappa shape index (κ1) is 19.5. The zero-order valence-electron chi connectivity index (χ0n) is 15.4. The number of sulfonamides is 1. The number of nitrogens with zero attached hydrogens (tertiary/aromatic N) is 1. The van der Waals surface area contributed by atoms with E-state index in [1.54, 1.807) is 19.1 Å². The molecule has 3 aromatic rings. The van der Waals surface area contributed by atoms with Gasteiger partial charge in [0.15, 0.2) is 0 Å². The molecule has 1 heterocycles. The molecule has 144 valence electrons. The fourth-order valence-corrected chi connectivity index (χ4v) is 3.37. The van der Waals surface area contributed by atoms with E-state index in [2.05, 4.69) is 15.6 Å². The van der Waals surface area contributed by atoms with Crippen molar-refractivity contribution in [1.82, 2.24) is 4.98 Å². The SMILES string of the molecule is Cc1ccc(-c2ccc(NC(=O)Nc3ccccc3S(N)(=O)=O)c(C)n2)cc1. The molecule has 0 unspecified atom stereocenters. The number of para-hydroxylation sites is 1. The van der Waals surface area contributed by atoms with Gasteiger partial charge in [-0.15, -0.1) is 0 Å². The van der Waals surface area contributed by atoms with Crippen molar-refractivity contribution in [3.8, 4) is 11.3 Å². The number of carbonyl (C=O) groups is 1. The average Bonchev–Trinajstić information content (AvgIpc) is 2.63. The quantitative estimate of drug-likeness (QED) is 0.624. The van der Waals surface area contributed by atoms with E-state index in [-0.39, 0.29) is 10.6 Å². The fraction of sp³-hybridized carbons (Fsp3) is 0.100. The van der Waals surface area contributed by atoms with E-state index >= 15 is 0 Å². The third kappa shape index (κ3) is 4.54. The third-order valence-electron chi connectivity index (χ3n) is 4.12. The van der Waals surface area contributed by atoms with Gasteiger partial charge in [0.05, 0.1) is 22.8 Å².